The van der Waals surface area contributed by atoms with Crippen molar-refractivity contribution in [2.24, 2.45) is 0 Å². The molecule has 0 radical (unpaired) electrons. The summed E-state index contributed by atoms with van der Waals surface area (Å²) >= 11 is 0. The quantitative estimate of drug-likeness (QED) is 0.110. The Labute approximate surface area is 364 Å². The van der Waals surface area contributed by atoms with E-state index in [2.05, 4.69) is 61.5 Å². The lowest BCUT2D eigenvalue weighted by Crippen LogP contribution is -2.45. The lowest BCUT2D eigenvalue weighted by atomic mass is 9.92. The summed E-state index contributed by atoms with van der Waals surface area (Å²) in [4.78, 5) is 19.5. The first-order valence-corrected chi connectivity index (χ1v) is 21.6. The van der Waals surface area contributed by atoms with Gasteiger partial charge in [0.1, 0.15) is 47.2 Å². The van der Waals surface area contributed by atoms with Crippen molar-refractivity contribution in [1.82, 2.24) is 49.7 Å². The highest BCUT2D eigenvalue weighted by Crippen LogP contribution is 2.36. The van der Waals surface area contributed by atoms with Gasteiger partial charge in [0.05, 0.1) is 48.3 Å². The monoisotopic (exact) mass is 850 g/mol. The van der Waals surface area contributed by atoms with Gasteiger partial charge in [-0.15, -0.1) is 0 Å². The summed E-state index contributed by atoms with van der Waals surface area (Å²) in [6, 6.07) is 24.4. The summed E-state index contributed by atoms with van der Waals surface area (Å²) < 4.78 is 14.8. The highest BCUT2D eigenvalue weighted by molar-refractivity contribution is 6.01. The van der Waals surface area contributed by atoms with Crippen LogP contribution >= 0.6 is 0 Å². The SMILES string of the molecule is CCOc1ccc2cc(-c3nn(CC4(O)CCN(C)CC4)c4ncnc(N)c34)ccc2c1.CCOc1ccc2cc(-c3nn(CC4(O)CCNCC4)c4ncnc(N)c34)ccc2c1. The van der Waals surface area contributed by atoms with E-state index in [-0.39, 0.29) is 0 Å². The van der Waals surface area contributed by atoms with Crippen LogP contribution in [0.2, 0.25) is 0 Å². The second-order valence-electron chi connectivity index (χ2n) is 16.7. The Morgan fingerprint density at radius 2 is 1.03 bits per heavy atom. The Kier molecular flexibility index (Phi) is 11.5. The predicted molar refractivity (Wildman–Crippen MR) is 246 cm³/mol. The molecule has 0 saturated carbocycles. The number of aromatic nitrogens is 8. The van der Waals surface area contributed by atoms with Gasteiger partial charge in [0, 0.05) is 24.2 Å². The van der Waals surface area contributed by atoms with E-state index in [4.69, 9.17) is 31.1 Å². The number of nitrogen functional groups attached to an aromatic ring is 2. The van der Waals surface area contributed by atoms with Gasteiger partial charge in [0.25, 0.3) is 0 Å². The number of fused-ring (bicyclic) bond motifs is 4. The Balaban J connectivity index is 0.000000160. The Bertz CT molecular complexity index is 2920. The van der Waals surface area contributed by atoms with Crippen LogP contribution in [0.1, 0.15) is 39.5 Å². The molecule has 2 fully saturated rings. The van der Waals surface area contributed by atoms with Crippen LogP contribution in [-0.4, -0.2) is 112 Å². The van der Waals surface area contributed by atoms with Crippen molar-refractivity contribution in [1.29, 1.82) is 0 Å². The predicted octanol–water partition coefficient (Wildman–Crippen LogP) is 5.83. The third-order valence-corrected chi connectivity index (χ3v) is 12.2. The molecular formula is C47H54N12O4. The molecule has 2 aliphatic heterocycles. The number of hydrogen-bond acceptors (Lipinski definition) is 14. The van der Waals surface area contributed by atoms with Crippen molar-refractivity contribution < 1.29 is 19.7 Å². The van der Waals surface area contributed by atoms with Crippen LogP contribution in [0.15, 0.2) is 85.5 Å². The van der Waals surface area contributed by atoms with Crippen LogP contribution < -0.4 is 26.3 Å². The van der Waals surface area contributed by atoms with E-state index >= 15 is 0 Å². The van der Waals surface area contributed by atoms with E-state index in [9.17, 15) is 10.2 Å². The number of aliphatic hydroxyl groups is 2. The summed E-state index contributed by atoms with van der Waals surface area (Å²) in [6.45, 7) is 9.24. The van der Waals surface area contributed by atoms with Crippen LogP contribution in [-0.2, 0) is 13.1 Å². The smallest absolute Gasteiger partial charge is 0.164 e. The fourth-order valence-corrected chi connectivity index (χ4v) is 8.74. The van der Waals surface area contributed by atoms with Crippen molar-refractivity contribution >= 4 is 55.2 Å². The molecule has 0 atom stereocenters. The molecule has 16 nitrogen and oxygen atoms in total. The van der Waals surface area contributed by atoms with Crippen LogP contribution in [0.3, 0.4) is 0 Å². The molecule has 16 heteroatoms. The molecule has 0 amide bonds. The zero-order valence-electron chi connectivity index (χ0n) is 36.0. The molecule has 0 spiro atoms. The minimum absolute atomic E-state index is 0.368. The molecule has 7 N–H and O–H groups in total. The lowest BCUT2D eigenvalue weighted by Gasteiger charge is -2.36. The van der Waals surface area contributed by atoms with Gasteiger partial charge in [-0.3, -0.25) is 0 Å². The van der Waals surface area contributed by atoms with E-state index in [1.54, 1.807) is 9.36 Å². The summed E-state index contributed by atoms with van der Waals surface area (Å²) in [5.74, 6) is 2.48. The second kappa shape index (κ2) is 17.4. The van der Waals surface area contributed by atoms with Gasteiger partial charge in [-0.05, 0) is 118 Å². The van der Waals surface area contributed by atoms with Gasteiger partial charge in [-0.1, -0.05) is 36.4 Å². The minimum Gasteiger partial charge on any atom is -0.494 e. The van der Waals surface area contributed by atoms with E-state index in [1.807, 2.05) is 62.4 Å². The Morgan fingerprint density at radius 3 is 1.49 bits per heavy atom. The number of ether oxygens (including phenoxy) is 2. The number of rotatable bonds is 10. The number of nitrogens with one attached hydrogen (secondary N) is 1. The van der Waals surface area contributed by atoms with Crippen molar-refractivity contribution in [3.8, 4) is 34.0 Å². The van der Waals surface area contributed by atoms with Gasteiger partial charge >= 0.3 is 0 Å². The van der Waals surface area contributed by atoms with Gasteiger partial charge in [0.15, 0.2) is 11.3 Å². The number of nitrogens with zero attached hydrogens (tertiary/aromatic N) is 9. The van der Waals surface area contributed by atoms with Crippen molar-refractivity contribution in [3.63, 3.8) is 0 Å². The molecule has 63 heavy (non-hydrogen) atoms. The van der Waals surface area contributed by atoms with Gasteiger partial charge in [-0.2, -0.15) is 10.2 Å². The maximum absolute atomic E-state index is 11.2. The standard InChI is InChI=1S/C24H28N6O2.C23H26N6O2/c1-3-32-19-7-6-16-12-18(5-4-17(16)13-19)21-20-22(25)26-15-27-23(20)30(28-21)14-24(31)8-10-29(2)11-9-24;1-2-31-18-6-5-15-11-17(4-3-16(15)12-18)20-19-21(24)26-14-27-22(19)29(28-20)13-23(30)7-9-25-10-8-23/h4-7,12-13,15,31H,3,8-11,14H2,1-2H3,(H2,25,26,27);3-6,11-12,14,25,30H,2,7-10,13H2,1H3,(H2,24,26,27). The highest BCUT2D eigenvalue weighted by atomic mass is 16.5. The van der Waals surface area contributed by atoms with Crippen molar-refractivity contribution in [2.45, 2.75) is 63.8 Å². The Hall–Kier alpha value is -6.46. The molecule has 0 aliphatic carbocycles. The summed E-state index contributed by atoms with van der Waals surface area (Å²) in [6.07, 6.45) is 5.62. The van der Waals surface area contributed by atoms with Crippen molar-refractivity contribution in [3.05, 3.63) is 85.5 Å². The maximum atomic E-state index is 11.2. The molecular weight excluding hydrogens is 797 g/mol. The molecule has 6 heterocycles. The fourth-order valence-electron chi connectivity index (χ4n) is 8.74. The first-order valence-electron chi connectivity index (χ1n) is 21.6. The first-order chi connectivity index (χ1) is 30.5. The van der Waals surface area contributed by atoms with Crippen LogP contribution in [0, 0.1) is 0 Å². The van der Waals surface area contributed by atoms with Crippen molar-refractivity contribution in [2.75, 3.05) is 57.9 Å². The number of anilines is 2. The zero-order valence-corrected chi connectivity index (χ0v) is 36.0. The molecule has 4 aromatic heterocycles. The van der Waals surface area contributed by atoms with Gasteiger partial charge in [0.2, 0.25) is 0 Å². The summed E-state index contributed by atoms with van der Waals surface area (Å²) in [7, 11) is 2.08. The Morgan fingerprint density at radius 1 is 0.603 bits per heavy atom. The fraction of sp³-hybridized carbons (Fsp3) is 0.362. The van der Waals surface area contributed by atoms with E-state index < -0.39 is 11.2 Å². The molecule has 326 valence electrons. The van der Waals surface area contributed by atoms with Crippen LogP contribution in [0.25, 0.3) is 66.1 Å². The zero-order chi connectivity index (χ0) is 43.7. The third-order valence-electron chi connectivity index (χ3n) is 12.2. The number of benzene rings is 4. The molecule has 2 saturated heterocycles. The minimum atomic E-state index is -0.819. The molecule has 0 unspecified atom stereocenters. The largest absolute Gasteiger partial charge is 0.494 e. The van der Waals surface area contributed by atoms with Gasteiger partial charge in [-0.25, -0.2) is 29.3 Å². The average molecular weight is 851 g/mol. The molecule has 0 bridgehead atoms. The number of hydrogen-bond donors (Lipinski definition) is 5. The van der Waals surface area contributed by atoms with E-state index in [0.29, 0.717) is 85.7 Å². The maximum Gasteiger partial charge on any atom is 0.164 e. The second-order valence-corrected chi connectivity index (χ2v) is 16.7. The lowest BCUT2D eigenvalue weighted by molar-refractivity contribution is -0.0306. The molecule has 10 rings (SSSR count). The number of nitrogens with two attached hydrogens (primary N) is 2. The first kappa shape index (κ1) is 41.9. The topological polar surface area (TPSA) is 213 Å². The molecule has 4 aromatic carbocycles. The third kappa shape index (κ3) is 8.67. The van der Waals surface area contributed by atoms with Gasteiger partial charge < -0.3 is 41.4 Å². The normalized spacial score (nSPS) is 16.3. The molecule has 2 aliphatic rings. The van der Waals surface area contributed by atoms with Crippen LogP contribution in [0.5, 0.6) is 11.5 Å². The summed E-state index contributed by atoms with van der Waals surface area (Å²) in [5.41, 5.74) is 15.5. The summed E-state index contributed by atoms with van der Waals surface area (Å²) in [5, 5.41) is 41.0. The highest BCUT2D eigenvalue weighted by Gasteiger charge is 2.34. The van der Waals surface area contributed by atoms with Crippen LogP contribution in [0.4, 0.5) is 11.6 Å². The average Bonchev–Trinajstić information content (AvgIpc) is 3.84. The van der Waals surface area contributed by atoms with E-state index in [0.717, 1.165) is 81.7 Å². The van der Waals surface area contributed by atoms with E-state index in [1.165, 1.54) is 12.7 Å². The number of likely N-dealkylation sites (tertiary alicyclic amines) is 1. The molecule has 8 aromatic rings. The number of piperidine rings is 2.